The van der Waals surface area contributed by atoms with Crippen LogP contribution in [0.4, 0.5) is 9.18 Å². The molecule has 0 radical (unpaired) electrons. The number of allylic oxidation sites excluding steroid dienone is 4. The molecule has 260 valence electrons. The molecule has 14 nitrogen and oxygen atoms in total. The Kier molecular flexibility index (Phi) is 9.91. The van der Waals surface area contributed by atoms with Crippen molar-refractivity contribution in [1.29, 1.82) is 0 Å². The molecule has 3 saturated carbocycles. The summed E-state index contributed by atoms with van der Waals surface area (Å²) in [4.78, 5) is 66.5. The average Bonchev–Trinajstić information content (AvgIpc) is 3.38. The van der Waals surface area contributed by atoms with Crippen molar-refractivity contribution in [1.82, 2.24) is 10.7 Å². The van der Waals surface area contributed by atoms with Gasteiger partial charge in [-0.1, -0.05) is 30.7 Å². The minimum atomic E-state index is -2.02. The fraction of sp³-hybridized carbons (Fsp3) is 0.545. The van der Waals surface area contributed by atoms with Gasteiger partial charge in [0.05, 0.1) is 23.7 Å². The Balaban J connectivity index is 1.15. The number of fused-ring (bicyclic) bond motifs is 5. The van der Waals surface area contributed by atoms with E-state index >= 15 is 4.39 Å². The third-order valence-electron chi connectivity index (χ3n) is 10.9. The molecular weight excluding hydrogens is 635 g/mol. The summed E-state index contributed by atoms with van der Waals surface area (Å²) < 4.78 is 27.3. The summed E-state index contributed by atoms with van der Waals surface area (Å²) in [5, 5.41) is 39.7. The second-order valence-electron chi connectivity index (χ2n) is 13.4. The predicted molar refractivity (Wildman–Crippen MR) is 160 cm³/mol. The number of carbonyl (C=O) groups excluding carboxylic acids is 4. The molecule has 0 heterocycles. The van der Waals surface area contributed by atoms with E-state index < -0.39 is 82.9 Å². The molecule has 4 aliphatic rings. The number of halogens is 1. The maximum absolute atomic E-state index is 17.2. The predicted octanol–water partition coefficient (Wildman–Crippen LogP) is 3.09. The number of carbonyl (C=O) groups is 5. The van der Waals surface area contributed by atoms with Crippen LogP contribution in [0.25, 0.3) is 0 Å². The van der Waals surface area contributed by atoms with Gasteiger partial charge in [0.1, 0.15) is 6.61 Å². The normalized spacial score (nSPS) is 32.7. The first kappa shape index (κ1) is 35.3. The fourth-order valence-electron chi connectivity index (χ4n) is 8.44. The maximum Gasteiger partial charge on any atom is 0.408 e. The number of aliphatic carboxylic acids is 1. The highest BCUT2D eigenvalue weighted by molar-refractivity contribution is 6.01. The monoisotopic (exact) mass is 674 g/mol. The van der Waals surface area contributed by atoms with Crippen molar-refractivity contribution in [3.63, 3.8) is 0 Å². The number of benzene rings is 1. The van der Waals surface area contributed by atoms with Gasteiger partial charge in [0.25, 0.3) is 0 Å². The molecule has 48 heavy (non-hydrogen) atoms. The summed E-state index contributed by atoms with van der Waals surface area (Å²) in [5.41, 5.74) is -2.75. The molecule has 4 aliphatic carbocycles. The summed E-state index contributed by atoms with van der Waals surface area (Å²) in [7, 11) is 0. The smallest absolute Gasteiger partial charge is 0.408 e. The lowest BCUT2D eigenvalue weighted by Crippen LogP contribution is -2.66. The summed E-state index contributed by atoms with van der Waals surface area (Å²) in [5.74, 6) is -4.49. The molecule has 5 rings (SSSR count). The molecule has 0 saturated heterocycles. The van der Waals surface area contributed by atoms with Gasteiger partial charge in [-0.3, -0.25) is 20.0 Å². The zero-order chi connectivity index (χ0) is 35.0. The number of hydrogen-bond acceptors (Lipinski definition) is 12. The number of esters is 1. The number of alkyl halides is 1. The molecule has 0 spiro atoms. The zero-order valence-electron chi connectivity index (χ0n) is 26.5. The third-order valence-corrected chi connectivity index (χ3v) is 10.9. The molecule has 1 aromatic rings. The molecule has 5 N–H and O–H groups in total. The van der Waals surface area contributed by atoms with Gasteiger partial charge in [-0.05, 0) is 80.2 Å². The largest absolute Gasteiger partial charge is 0.480 e. The Bertz CT molecular complexity index is 1530. The number of rotatable bonds is 11. The highest BCUT2D eigenvalue weighted by atomic mass is 19.1. The molecule has 0 aromatic heterocycles. The number of Topliss-reactive ketones (excluding diaryl/α,β-unsaturated/α-hetero) is 1. The minimum Gasteiger partial charge on any atom is -0.480 e. The number of ether oxygens (including phenoxy) is 2. The van der Waals surface area contributed by atoms with Crippen LogP contribution in [0.3, 0.4) is 0 Å². The first-order valence-corrected chi connectivity index (χ1v) is 15.7. The van der Waals surface area contributed by atoms with Gasteiger partial charge < -0.3 is 25.0 Å². The molecule has 3 fully saturated rings. The first-order valence-electron chi connectivity index (χ1n) is 15.7. The Hall–Kier alpha value is -4.02. The van der Waals surface area contributed by atoms with Gasteiger partial charge in [0.2, 0.25) is 0 Å². The Morgan fingerprint density at radius 2 is 1.77 bits per heavy atom. The van der Waals surface area contributed by atoms with Crippen LogP contribution in [-0.4, -0.2) is 86.6 Å². The van der Waals surface area contributed by atoms with E-state index in [1.165, 1.54) is 36.4 Å². The van der Waals surface area contributed by atoms with Crippen molar-refractivity contribution in [2.45, 2.75) is 70.4 Å². The number of aliphatic hydroxyl groups excluding tert-OH is 1. The quantitative estimate of drug-likeness (QED) is 0.169. The van der Waals surface area contributed by atoms with Crippen molar-refractivity contribution >= 4 is 29.6 Å². The Labute approximate surface area is 275 Å². The summed E-state index contributed by atoms with van der Waals surface area (Å²) in [6, 6.07) is 3.87. The highest BCUT2D eigenvalue weighted by Gasteiger charge is 2.70. The van der Waals surface area contributed by atoms with E-state index in [-0.39, 0.29) is 30.3 Å². The van der Waals surface area contributed by atoms with Crippen molar-refractivity contribution in [2.75, 3.05) is 13.2 Å². The summed E-state index contributed by atoms with van der Waals surface area (Å²) in [6.45, 7) is 1.94. The number of alkyl carbamates (subject to hydrolysis) is 1. The Morgan fingerprint density at radius 3 is 2.44 bits per heavy atom. The Morgan fingerprint density at radius 1 is 1.06 bits per heavy atom. The van der Waals surface area contributed by atoms with Gasteiger partial charge in [-0.2, -0.15) is 0 Å². The number of hydrogen-bond donors (Lipinski definition) is 5. The number of carboxylic acids is 1. The number of carboxylic acid groups (broad SMARTS) is 1. The second kappa shape index (κ2) is 13.5. The SMILES string of the molecule is C[C@]12C[C@H](O)C3(F)[C@@H](CCC4=CC(=O)C=C[C@@]43C)C1CCC2C(=O)COC(=O)NC(COC(=O)c1ccc(CON(O)O)cc1)C(=O)O. The van der Waals surface area contributed by atoms with Gasteiger partial charge >= 0.3 is 18.0 Å². The number of nitrogens with one attached hydrogen (secondary N) is 1. The molecule has 8 atom stereocenters. The molecule has 4 unspecified atom stereocenters. The van der Waals surface area contributed by atoms with E-state index in [1.807, 2.05) is 6.92 Å². The number of aliphatic hydroxyl groups is 1. The van der Waals surface area contributed by atoms with Crippen LogP contribution in [0.5, 0.6) is 0 Å². The number of nitrogens with zero attached hydrogens (tertiary/aromatic N) is 1. The minimum absolute atomic E-state index is 0.00477. The number of ketones is 2. The van der Waals surface area contributed by atoms with Crippen LogP contribution < -0.4 is 5.32 Å². The van der Waals surface area contributed by atoms with Gasteiger partial charge in [-0.15, -0.1) is 0 Å². The van der Waals surface area contributed by atoms with Crippen molar-refractivity contribution < 1.29 is 63.3 Å². The highest BCUT2D eigenvalue weighted by Crippen LogP contribution is 2.68. The third kappa shape index (κ3) is 6.40. The van der Waals surface area contributed by atoms with Crippen molar-refractivity contribution in [2.24, 2.45) is 28.6 Å². The van der Waals surface area contributed by atoms with E-state index in [2.05, 4.69) is 10.2 Å². The van der Waals surface area contributed by atoms with E-state index in [1.54, 1.807) is 13.0 Å². The van der Waals surface area contributed by atoms with Gasteiger partial charge in [0.15, 0.2) is 29.9 Å². The topological polar surface area (TPSA) is 209 Å². The van der Waals surface area contributed by atoms with Gasteiger partial charge in [0, 0.05) is 17.3 Å². The molecule has 0 bridgehead atoms. The standard InChI is InChI=1S/C33H39FN2O12/c1-31-14-27(39)33(34)23(8-7-20-13-21(37)11-12-32(20,33)2)22(31)9-10-24(31)26(38)17-47-30(43)35-25(28(40)41)16-46-29(42)19-5-3-18(4-6-19)15-48-36(44)45/h3-6,11-13,22-25,27,39,44-45H,7-10,14-17H2,1-2H3,(H,35,43)(H,40,41)/t22?,23-,24?,25?,27-,31-,32-,33?/m0/s1. The average molecular weight is 675 g/mol. The van der Waals surface area contributed by atoms with Gasteiger partial charge in [-0.25, -0.2) is 23.6 Å². The molecule has 15 heteroatoms. The van der Waals surface area contributed by atoms with Crippen molar-refractivity contribution in [3.05, 3.63) is 59.2 Å². The molecular formula is C33H39FN2O12. The van der Waals surface area contributed by atoms with Crippen LogP contribution in [0.2, 0.25) is 0 Å². The van der Waals surface area contributed by atoms with Crippen LogP contribution in [0.1, 0.15) is 61.9 Å². The zero-order valence-corrected chi connectivity index (χ0v) is 26.5. The van der Waals surface area contributed by atoms with Crippen LogP contribution in [0, 0.1) is 28.6 Å². The molecule has 1 amide bonds. The number of amides is 1. The lowest BCUT2D eigenvalue weighted by atomic mass is 9.45. The summed E-state index contributed by atoms with van der Waals surface area (Å²) >= 11 is 0. The van der Waals surface area contributed by atoms with E-state index in [0.29, 0.717) is 36.8 Å². The van der Waals surface area contributed by atoms with Crippen LogP contribution in [-0.2, 0) is 35.3 Å². The maximum atomic E-state index is 17.2. The fourth-order valence-corrected chi connectivity index (χ4v) is 8.44. The lowest BCUT2D eigenvalue weighted by molar-refractivity contribution is -0.497. The molecule has 0 aliphatic heterocycles. The summed E-state index contributed by atoms with van der Waals surface area (Å²) in [6.07, 6.45) is 3.62. The lowest BCUT2D eigenvalue weighted by Gasteiger charge is -2.62. The van der Waals surface area contributed by atoms with Crippen LogP contribution in [0.15, 0.2) is 48.1 Å². The van der Waals surface area contributed by atoms with E-state index in [9.17, 15) is 34.2 Å². The molecule has 1 aromatic carbocycles. The first-order chi connectivity index (χ1) is 22.6. The van der Waals surface area contributed by atoms with E-state index in [0.717, 1.165) is 0 Å². The van der Waals surface area contributed by atoms with Crippen molar-refractivity contribution in [3.8, 4) is 0 Å². The van der Waals surface area contributed by atoms with Crippen LogP contribution >= 0.6 is 0 Å². The van der Waals surface area contributed by atoms with E-state index in [4.69, 9.17) is 19.9 Å². The second-order valence-corrected chi connectivity index (χ2v) is 13.4.